The van der Waals surface area contributed by atoms with Crippen LogP contribution >= 0.6 is 0 Å². The molecule has 2 atom stereocenters. The number of aryl methyl sites for hydroxylation is 1. The Kier molecular flexibility index (Phi) is 1.39. The normalized spacial score (nSPS) is 29.4. The van der Waals surface area contributed by atoms with Crippen LogP contribution in [-0.2, 0) is 12.8 Å². The highest BCUT2D eigenvalue weighted by molar-refractivity contribution is 5.42. The molecule has 0 amide bonds. The molecule has 3 rings (SSSR count). The van der Waals surface area contributed by atoms with Crippen molar-refractivity contribution >= 4 is 0 Å². The van der Waals surface area contributed by atoms with Crippen LogP contribution in [0.4, 0.5) is 0 Å². The van der Waals surface area contributed by atoms with Crippen molar-refractivity contribution in [1.29, 1.82) is 0 Å². The van der Waals surface area contributed by atoms with Crippen molar-refractivity contribution in [3.8, 4) is 0 Å². The van der Waals surface area contributed by atoms with Gasteiger partial charge in [0.15, 0.2) is 0 Å². The Hall–Kier alpha value is -0.780. The smallest absolute Gasteiger partial charge is 0.0242 e. The lowest BCUT2D eigenvalue weighted by Crippen LogP contribution is -2.08. The first-order valence-corrected chi connectivity index (χ1v) is 5.33. The molecular formula is C13H16. The minimum Gasteiger partial charge on any atom is -0.0588 e. The van der Waals surface area contributed by atoms with Crippen LogP contribution in [0.15, 0.2) is 12.1 Å². The summed E-state index contributed by atoms with van der Waals surface area (Å²) in [6.45, 7) is 4.52. The van der Waals surface area contributed by atoms with E-state index in [-0.39, 0.29) is 0 Å². The monoisotopic (exact) mass is 172 g/mol. The van der Waals surface area contributed by atoms with E-state index in [4.69, 9.17) is 0 Å². The number of hydrogen-bond donors (Lipinski definition) is 0. The standard InChI is InChI=1S/C13H16/c1-8-3-4-10-5-11-6-12(11)7-13(10)9(8)2/h3-4,11-12H,5-7H2,1-2H3. The summed E-state index contributed by atoms with van der Waals surface area (Å²) in [5, 5.41) is 0. The van der Waals surface area contributed by atoms with Crippen LogP contribution in [0.2, 0.25) is 0 Å². The number of rotatable bonds is 0. The summed E-state index contributed by atoms with van der Waals surface area (Å²) in [5.41, 5.74) is 6.35. The van der Waals surface area contributed by atoms with E-state index in [0.29, 0.717) is 0 Å². The van der Waals surface area contributed by atoms with Crippen molar-refractivity contribution in [2.45, 2.75) is 33.1 Å². The van der Waals surface area contributed by atoms with Crippen LogP contribution < -0.4 is 0 Å². The predicted octanol–water partition coefficient (Wildman–Crippen LogP) is 3.04. The van der Waals surface area contributed by atoms with E-state index in [1.807, 2.05) is 0 Å². The molecule has 0 heteroatoms. The van der Waals surface area contributed by atoms with Crippen molar-refractivity contribution in [3.63, 3.8) is 0 Å². The Morgan fingerprint density at radius 1 is 1.08 bits per heavy atom. The van der Waals surface area contributed by atoms with E-state index in [9.17, 15) is 0 Å². The van der Waals surface area contributed by atoms with Gasteiger partial charge in [-0.15, -0.1) is 0 Å². The Morgan fingerprint density at radius 2 is 1.85 bits per heavy atom. The zero-order valence-corrected chi connectivity index (χ0v) is 8.43. The molecular weight excluding hydrogens is 156 g/mol. The van der Waals surface area contributed by atoms with Crippen LogP contribution in [0.1, 0.15) is 28.7 Å². The van der Waals surface area contributed by atoms with E-state index >= 15 is 0 Å². The highest BCUT2D eigenvalue weighted by Gasteiger charge is 2.41. The topological polar surface area (TPSA) is 0 Å². The summed E-state index contributed by atoms with van der Waals surface area (Å²) >= 11 is 0. The molecule has 1 fully saturated rings. The average Bonchev–Trinajstić information content (AvgIpc) is 2.87. The lowest BCUT2D eigenvalue weighted by Gasteiger charge is -2.18. The molecule has 0 spiro atoms. The van der Waals surface area contributed by atoms with Crippen molar-refractivity contribution in [2.24, 2.45) is 11.8 Å². The molecule has 1 aromatic rings. The van der Waals surface area contributed by atoms with Crippen LogP contribution in [0.3, 0.4) is 0 Å². The van der Waals surface area contributed by atoms with Crippen LogP contribution in [0.25, 0.3) is 0 Å². The highest BCUT2D eigenvalue weighted by Crippen LogP contribution is 2.48. The quantitative estimate of drug-likeness (QED) is 0.564. The summed E-state index contributed by atoms with van der Waals surface area (Å²) in [7, 11) is 0. The van der Waals surface area contributed by atoms with Gasteiger partial charge >= 0.3 is 0 Å². The number of benzene rings is 1. The lowest BCUT2D eigenvalue weighted by molar-refractivity contribution is 0.644. The first-order valence-electron chi connectivity index (χ1n) is 5.33. The molecule has 1 saturated carbocycles. The zero-order valence-electron chi connectivity index (χ0n) is 8.43. The molecule has 2 aliphatic carbocycles. The third-order valence-corrected chi connectivity index (χ3v) is 3.98. The first kappa shape index (κ1) is 7.61. The van der Waals surface area contributed by atoms with Crippen LogP contribution in [0.5, 0.6) is 0 Å². The molecule has 0 N–H and O–H groups in total. The van der Waals surface area contributed by atoms with E-state index in [1.54, 1.807) is 16.7 Å². The molecule has 0 heterocycles. The van der Waals surface area contributed by atoms with Gasteiger partial charge in [-0.05, 0) is 67.2 Å². The van der Waals surface area contributed by atoms with Gasteiger partial charge in [-0.3, -0.25) is 0 Å². The molecule has 0 radical (unpaired) electrons. The van der Waals surface area contributed by atoms with E-state index in [2.05, 4.69) is 26.0 Å². The number of fused-ring (bicyclic) bond motifs is 2. The maximum Gasteiger partial charge on any atom is -0.0242 e. The van der Waals surface area contributed by atoms with Gasteiger partial charge in [0.05, 0.1) is 0 Å². The summed E-state index contributed by atoms with van der Waals surface area (Å²) in [6.07, 6.45) is 4.22. The van der Waals surface area contributed by atoms with Crippen molar-refractivity contribution < 1.29 is 0 Å². The van der Waals surface area contributed by atoms with Gasteiger partial charge in [0.2, 0.25) is 0 Å². The lowest BCUT2D eigenvalue weighted by atomic mass is 9.87. The van der Waals surface area contributed by atoms with Gasteiger partial charge in [-0.25, -0.2) is 0 Å². The third-order valence-electron chi connectivity index (χ3n) is 3.98. The van der Waals surface area contributed by atoms with E-state index in [0.717, 1.165) is 11.8 Å². The van der Waals surface area contributed by atoms with Crippen molar-refractivity contribution in [2.75, 3.05) is 0 Å². The molecule has 0 aliphatic heterocycles. The SMILES string of the molecule is Cc1ccc2c(c1C)CC1CC1C2. The molecule has 13 heavy (non-hydrogen) atoms. The fourth-order valence-corrected chi connectivity index (χ4v) is 2.76. The Morgan fingerprint density at radius 3 is 2.69 bits per heavy atom. The van der Waals surface area contributed by atoms with Crippen LogP contribution in [0, 0.1) is 25.7 Å². The average molecular weight is 172 g/mol. The second-order valence-electron chi connectivity index (χ2n) is 4.81. The van der Waals surface area contributed by atoms with Gasteiger partial charge < -0.3 is 0 Å². The fraction of sp³-hybridized carbons (Fsp3) is 0.538. The van der Waals surface area contributed by atoms with Gasteiger partial charge in [0, 0.05) is 0 Å². The fourth-order valence-electron chi connectivity index (χ4n) is 2.76. The molecule has 2 aliphatic rings. The second kappa shape index (κ2) is 2.37. The number of hydrogen-bond acceptors (Lipinski definition) is 0. The van der Waals surface area contributed by atoms with Crippen LogP contribution in [-0.4, -0.2) is 0 Å². The van der Waals surface area contributed by atoms with Gasteiger partial charge in [-0.1, -0.05) is 12.1 Å². The molecule has 0 aromatic heterocycles. The maximum absolute atomic E-state index is 2.35. The second-order valence-corrected chi connectivity index (χ2v) is 4.81. The van der Waals surface area contributed by atoms with E-state index < -0.39 is 0 Å². The summed E-state index contributed by atoms with van der Waals surface area (Å²) in [4.78, 5) is 0. The Bertz CT molecular complexity index is 363. The summed E-state index contributed by atoms with van der Waals surface area (Å²) in [6, 6.07) is 4.64. The van der Waals surface area contributed by atoms with Gasteiger partial charge in [0.1, 0.15) is 0 Å². The van der Waals surface area contributed by atoms with Crippen molar-refractivity contribution in [1.82, 2.24) is 0 Å². The predicted molar refractivity (Wildman–Crippen MR) is 54.9 cm³/mol. The minimum atomic E-state index is 1.05. The zero-order chi connectivity index (χ0) is 9.00. The van der Waals surface area contributed by atoms with Gasteiger partial charge in [0.25, 0.3) is 0 Å². The molecule has 2 unspecified atom stereocenters. The molecule has 1 aromatic carbocycles. The summed E-state index contributed by atoms with van der Waals surface area (Å²) < 4.78 is 0. The highest BCUT2D eigenvalue weighted by atomic mass is 14.5. The minimum absolute atomic E-state index is 1.05. The Labute approximate surface area is 80.0 Å². The maximum atomic E-state index is 2.35. The molecule has 0 saturated heterocycles. The van der Waals surface area contributed by atoms with Gasteiger partial charge in [-0.2, -0.15) is 0 Å². The van der Waals surface area contributed by atoms with Crippen molar-refractivity contribution in [3.05, 3.63) is 34.4 Å². The summed E-state index contributed by atoms with van der Waals surface area (Å²) in [5.74, 6) is 2.10. The van der Waals surface area contributed by atoms with E-state index in [1.165, 1.54) is 24.8 Å². The molecule has 68 valence electrons. The first-order chi connectivity index (χ1) is 6.25. The molecule has 0 bridgehead atoms. The largest absolute Gasteiger partial charge is 0.0588 e. The molecule has 0 nitrogen and oxygen atoms in total. The Balaban J connectivity index is 2.13. The third kappa shape index (κ3) is 1.04.